The van der Waals surface area contributed by atoms with Crippen molar-refractivity contribution in [2.45, 2.75) is 64.0 Å². The Balaban J connectivity index is 2.21. The van der Waals surface area contributed by atoms with Gasteiger partial charge in [0.05, 0.1) is 6.67 Å². The highest BCUT2D eigenvalue weighted by Crippen LogP contribution is 2.35. The van der Waals surface area contributed by atoms with Gasteiger partial charge in [0.15, 0.2) is 0 Å². The van der Waals surface area contributed by atoms with Crippen LogP contribution in [0, 0.1) is 5.92 Å². The number of hydrogen-bond acceptors (Lipinski definition) is 2. The summed E-state index contributed by atoms with van der Waals surface area (Å²) in [4.78, 5) is 26.8. The Morgan fingerprint density at radius 3 is 2.55 bits per heavy atom. The molecule has 1 heterocycles. The Bertz CT molecular complexity index is 378. The van der Waals surface area contributed by atoms with E-state index in [1.54, 1.807) is 4.90 Å². The zero-order valence-corrected chi connectivity index (χ0v) is 12.5. The molecule has 0 aromatic rings. The molecule has 5 heteroatoms. The van der Waals surface area contributed by atoms with Gasteiger partial charge in [-0.1, -0.05) is 26.7 Å². The van der Waals surface area contributed by atoms with Gasteiger partial charge in [-0.25, -0.2) is 0 Å². The number of amides is 2. The first-order chi connectivity index (χ1) is 9.50. The summed E-state index contributed by atoms with van der Waals surface area (Å²) in [5.41, 5.74) is -0.694. The van der Waals surface area contributed by atoms with Crippen molar-refractivity contribution in [3.63, 3.8) is 0 Å². The van der Waals surface area contributed by atoms with E-state index in [4.69, 9.17) is 0 Å². The summed E-state index contributed by atoms with van der Waals surface area (Å²) >= 11 is 0. The standard InChI is InChI=1S/C15H25FN2O2/c1-11(2)10-12-13(19)17-15(6-3-4-7-15)14(20)18(12)9-5-8-16/h11-12H,3-10H2,1-2H3,(H,17,19). The van der Waals surface area contributed by atoms with Crippen LogP contribution in [0.5, 0.6) is 0 Å². The van der Waals surface area contributed by atoms with Crippen LogP contribution in [-0.4, -0.2) is 41.5 Å². The van der Waals surface area contributed by atoms with Crippen LogP contribution >= 0.6 is 0 Å². The lowest BCUT2D eigenvalue weighted by Crippen LogP contribution is -2.69. The van der Waals surface area contributed by atoms with Gasteiger partial charge < -0.3 is 10.2 Å². The third kappa shape index (κ3) is 2.81. The van der Waals surface area contributed by atoms with Crippen molar-refractivity contribution in [1.82, 2.24) is 10.2 Å². The highest BCUT2D eigenvalue weighted by atomic mass is 19.1. The Labute approximate surface area is 120 Å². The molecule has 1 aliphatic carbocycles. The van der Waals surface area contributed by atoms with Crippen molar-refractivity contribution in [2.75, 3.05) is 13.2 Å². The lowest BCUT2D eigenvalue weighted by molar-refractivity contribution is -0.155. The van der Waals surface area contributed by atoms with Crippen LogP contribution in [0.1, 0.15) is 52.4 Å². The molecule has 1 saturated carbocycles. The molecule has 1 spiro atoms. The zero-order chi connectivity index (χ0) is 14.8. The van der Waals surface area contributed by atoms with Gasteiger partial charge in [0.1, 0.15) is 11.6 Å². The van der Waals surface area contributed by atoms with Crippen LogP contribution in [0.25, 0.3) is 0 Å². The monoisotopic (exact) mass is 284 g/mol. The van der Waals surface area contributed by atoms with Gasteiger partial charge in [0.2, 0.25) is 11.8 Å². The maximum absolute atomic E-state index is 12.8. The van der Waals surface area contributed by atoms with Gasteiger partial charge in [-0.2, -0.15) is 0 Å². The van der Waals surface area contributed by atoms with Gasteiger partial charge in [0, 0.05) is 6.54 Å². The third-order valence-electron chi connectivity index (χ3n) is 4.40. The zero-order valence-electron chi connectivity index (χ0n) is 12.5. The molecule has 1 aliphatic heterocycles. The Morgan fingerprint density at radius 2 is 2.00 bits per heavy atom. The fourth-order valence-corrected chi connectivity index (χ4v) is 3.42. The molecule has 0 aromatic heterocycles. The second kappa shape index (κ2) is 6.10. The first-order valence-electron chi connectivity index (χ1n) is 7.69. The molecule has 20 heavy (non-hydrogen) atoms. The minimum Gasteiger partial charge on any atom is -0.340 e. The Morgan fingerprint density at radius 1 is 1.35 bits per heavy atom. The number of rotatable bonds is 5. The number of alkyl halides is 1. The topological polar surface area (TPSA) is 49.4 Å². The maximum Gasteiger partial charge on any atom is 0.249 e. The van der Waals surface area contributed by atoms with Crippen molar-refractivity contribution in [1.29, 1.82) is 0 Å². The van der Waals surface area contributed by atoms with Gasteiger partial charge in [-0.15, -0.1) is 0 Å². The van der Waals surface area contributed by atoms with Crippen molar-refractivity contribution in [3.8, 4) is 0 Å². The number of carbonyl (C=O) groups excluding carboxylic acids is 2. The lowest BCUT2D eigenvalue weighted by Gasteiger charge is -2.45. The average molecular weight is 284 g/mol. The normalized spacial score (nSPS) is 25.6. The lowest BCUT2D eigenvalue weighted by atomic mass is 9.88. The van der Waals surface area contributed by atoms with Gasteiger partial charge in [-0.05, 0) is 31.6 Å². The Hall–Kier alpha value is -1.13. The van der Waals surface area contributed by atoms with E-state index in [-0.39, 0.29) is 11.8 Å². The molecule has 114 valence electrons. The number of piperazine rings is 1. The van der Waals surface area contributed by atoms with E-state index in [9.17, 15) is 14.0 Å². The SMILES string of the molecule is CC(C)CC1C(=O)NC2(CCCC2)C(=O)N1CCCF. The molecule has 4 nitrogen and oxygen atoms in total. The molecular formula is C15H25FN2O2. The fraction of sp³-hybridized carbons (Fsp3) is 0.867. The van der Waals surface area contributed by atoms with E-state index in [2.05, 4.69) is 5.32 Å². The average Bonchev–Trinajstić information content (AvgIpc) is 2.85. The second-order valence-electron chi connectivity index (χ2n) is 6.46. The molecule has 1 atom stereocenters. The van der Waals surface area contributed by atoms with Crippen molar-refractivity contribution >= 4 is 11.8 Å². The summed E-state index contributed by atoms with van der Waals surface area (Å²) in [5, 5.41) is 2.98. The van der Waals surface area contributed by atoms with E-state index in [1.165, 1.54) is 0 Å². The quantitative estimate of drug-likeness (QED) is 0.840. The number of nitrogens with one attached hydrogen (secondary N) is 1. The number of hydrogen-bond donors (Lipinski definition) is 1. The minimum atomic E-state index is -0.694. The summed E-state index contributed by atoms with van der Waals surface area (Å²) in [6, 6.07) is -0.430. The van der Waals surface area contributed by atoms with Crippen LogP contribution < -0.4 is 5.32 Å². The Kier molecular flexibility index (Phi) is 4.66. The molecule has 1 N–H and O–H groups in total. The van der Waals surface area contributed by atoms with Crippen LogP contribution in [0.2, 0.25) is 0 Å². The summed E-state index contributed by atoms with van der Waals surface area (Å²) in [5.74, 6) is 0.275. The third-order valence-corrected chi connectivity index (χ3v) is 4.40. The minimum absolute atomic E-state index is 0.00806. The fourth-order valence-electron chi connectivity index (χ4n) is 3.42. The van der Waals surface area contributed by atoms with Crippen LogP contribution in [-0.2, 0) is 9.59 Å². The number of carbonyl (C=O) groups is 2. The molecule has 2 fully saturated rings. The molecule has 0 aromatic carbocycles. The molecule has 0 bridgehead atoms. The molecular weight excluding hydrogens is 259 g/mol. The molecule has 0 radical (unpaired) electrons. The number of halogens is 1. The van der Waals surface area contributed by atoms with E-state index in [0.29, 0.717) is 25.3 Å². The molecule has 2 amide bonds. The van der Waals surface area contributed by atoms with Crippen molar-refractivity contribution in [3.05, 3.63) is 0 Å². The van der Waals surface area contributed by atoms with Crippen molar-refractivity contribution in [2.24, 2.45) is 5.92 Å². The summed E-state index contributed by atoms with van der Waals surface area (Å²) in [7, 11) is 0. The molecule has 1 saturated heterocycles. The number of nitrogens with zero attached hydrogens (tertiary/aromatic N) is 1. The first kappa shape index (κ1) is 15.3. The van der Waals surface area contributed by atoms with Crippen LogP contribution in [0.3, 0.4) is 0 Å². The van der Waals surface area contributed by atoms with Crippen molar-refractivity contribution < 1.29 is 14.0 Å². The van der Waals surface area contributed by atoms with E-state index in [1.807, 2.05) is 13.8 Å². The predicted octanol–water partition coefficient (Wildman–Crippen LogP) is 2.03. The molecule has 2 rings (SSSR count). The van der Waals surface area contributed by atoms with E-state index < -0.39 is 18.3 Å². The summed E-state index contributed by atoms with van der Waals surface area (Å²) in [6.45, 7) is 3.96. The smallest absolute Gasteiger partial charge is 0.249 e. The highest BCUT2D eigenvalue weighted by Gasteiger charge is 2.51. The second-order valence-corrected chi connectivity index (χ2v) is 6.46. The molecule has 2 aliphatic rings. The summed E-state index contributed by atoms with van der Waals surface area (Å²) in [6.07, 6.45) is 4.33. The predicted molar refractivity (Wildman–Crippen MR) is 74.9 cm³/mol. The summed E-state index contributed by atoms with van der Waals surface area (Å²) < 4.78 is 12.5. The largest absolute Gasteiger partial charge is 0.340 e. The van der Waals surface area contributed by atoms with Gasteiger partial charge in [-0.3, -0.25) is 14.0 Å². The highest BCUT2D eigenvalue weighted by molar-refractivity contribution is 6.00. The van der Waals surface area contributed by atoms with Gasteiger partial charge in [0.25, 0.3) is 0 Å². The van der Waals surface area contributed by atoms with E-state index in [0.717, 1.165) is 25.7 Å². The van der Waals surface area contributed by atoms with E-state index >= 15 is 0 Å². The van der Waals surface area contributed by atoms with Crippen LogP contribution in [0.4, 0.5) is 4.39 Å². The van der Waals surface area contributed by atoms with Crippen LogP contribution in [0.15, 0.2) is 0 Å². The first-order valence-corrected chi connectivity index (χ1v) is 7.69. The van der Waals surface area contributed by atoms with Gasteiger partial charge >= 0.3 is 0 Å². The molecule has 1 unspecified atom stereocenters. The maximum atomic E-state index is 12.8.